The van der Waals surface area contributed by atoms with Gasteiger partial charge in [0.05, 0.1) is 6.61 Å². The molecule has 1 N–H and O–H groups in total. The van der Waals surface area contributed by atoms with Gasteiger partial charge in [0.2, 0.25) is 0 Å². The smallest absolute Gasteiger partial charge is 0.0637 e. The third-order valence-electron chi connectivity index (χ3n) is 3.97. The molecule has 0 amide bonds. The highest BCUT2D eigenvalue weighted by atomic mass is 16.5. The zero-order valence-electron chi connectivity index (χ0n) is 11.0. The van der Waals surface area contributed by atoms with Crippen molar-refractivity contribution < 1.29 is 4.74 Å². The van der Waals surface area contributed by atoms with Gasteiger partial charge in [-0.15, -0.1) is 0 Å². The fraction of sp³-hybridized carbons (Fsp3) is 1.00. The molecular weight excluding hydrogens is 200 g/mol. The molecule has 2 heterocycles. The molecule has 0 aromatic carbocycles. The second-order valence-electron chi connectivity index (χ2n) is 5.98. The Bertz CT molecular complexity index is 228. The van der Waals surface area contributed by atoms with Crippen molar-refractivity contribution in [1.29, 1.82) is 0 Å². The van der Waals surface area contributed by atoms with E-state index in [1.165, 1.54) is 19.5 Å². The monoisotopic (exact) mass is 226 g/mol. The molecular formula is C13H26N2O. The maximum absolute atomic E-state index is 5.66. The van der Waals surface area contributed by atoms with Gasteiger partial charge >= 0.3 is 0 Å². The number of nitrogens with one attached hydrogen (secondary N) is 1. The first-order chi connectivity index (χ1) is 7.62. The van der Waals surface area contributed by atoms with Crippen LogP contribution in [-0.4, -0.2) is 49.8 Å². The van der Waals surface area contributed by atoms with Crippen LogP contribution < -0.4 is 5.32 Å². The van der Waals surface area contributed by atoms with E-state index >= 15 is 0 Å². The molecule has 0 aromatic heterocycles. The van der Waals surface area contributed by atoms with Crippen molar-refractivity contribution in [3.8, 4) is 0 Å². The molecule has 2 aliphatic heterocycles. The normalized spacial score (nSPS) is 35.4. The Morgan fingerprint density at radius 2 is 2.25 bits per heavy atom. The van der Waals surface area contributed by atoms with Crippen LogP contribution in [0.15, 0.2) is 0 Å². The second-order valence-corrected chi connectivity index (χ2v) is 5.98. The summed E-state index contributed by atoms with van der Waals surface area (Å²) in [7, 11) is 0. The Labute approximate surface area is 99.5 Å². The first kappa shape index (κ1) is 12.3. The van der Waals surface area contributed by atoms with Crippen molar-refractivity contribution in [2.45, 2.75) is 45.7 Å². The average Bonchev–Trinajstić information content (AvgIpc) is 2.60. The van der Waals surface area contributed by atoms with Gasteiger partial charge in [-0.25, -0.2) is 0 Å². The maximum atomic E-state index is 5.66. The summed E-state index contributed by atoms with van der Waals surface area (Å²) < 4.78 is 5.66. The fourth-order valence-corrected chi connectivity index (χ4v) is 3.02. The first-order valence-electron chi connectivity index (χ1n) is 6.67. The quantitative estimate of drug-likeness (QED) is 0.789. The zero-order valence-corrected chi connectivity index (χ0v) is 11.0. The molecule has 94 valence electrons. The molecule has 0 bridgehead atoms. The van der Waals surface area contributed by atoms with E-state index in [-0.39, 0.29) is 0 Å². The van der Waals surface area contributed by atoms with E-state index in [0.717, 1.165) is 26.2 Å². The van der Waals surface area contributed by atoms with Gasteiger partial charge in [0, 0.05) is 25.2 Å². The topological polar surface area (TPSA) is 24.5 Å². The Hall–Kier alpha value is -0.120. The number of likely N-dealkylation sites (N-methyl/N-ethyl adjacent to an activating group) is 1. The third-order valence-corrected chi connectivity index (χ3v) is 3.97. The molecule has 2 saturated heterocycles. The summed E-state index contributed by atoms with van der Waals surface area (Å²) in [5.41, 5.74) is 0.494. The summed E-state index contributed by atoms with van der Waals surface area (Å²) in [5, 5.41) is 3.62. The highest BCUT2D eigenvalue weighted by molar-refractivity contribution is 4.93. The second kappa shape index (κ2) is 5.03. The van der Waals surface area contributed by atoms with Crippen molar-refractivity contribution in [3.05, 3.63) is 0 Å². The Morgan fingerprint density at radius 3 is 2.88 bits per heavy atom. The molecule has 3 heteroatoms. The summed E-state index contributed by atoms with van der Waals surface area (Å²) in [5.74, 6) is 0. The molecule has 0 spiro atoms. The van der Waals surface area contributed by atoms with Crippen molar-refractivity contribution in [3.63, 3.8) is 0 Å². The minimum Gasteiger partial charge on any atom is -0.380 e. The van der Waals surface area contributed by atoms with E-state index in [9.17, 15) is 0 Å². The molecule has 2 atom stereocenters. The standard InChI is InChI=1S/C13H26N2O/c1-4-14-11-5-8-16-9-12(11)15-7-6-13(2,3)10-15/h11-12,14H,4-10H2,1-3H3. The molecule has 2 rings (SSSR count). The van der Waals surface area contributed by atoms with E-state index < -0.39 is 0 Å². The minimum absolute atomic E-state index is 0.494. The van der Waals surface area contributed by atoms with Crippen LogP contribution in [0, 0.1) is 5.41 Å². The van der Waals surface area contributed by atoms with E-state index in [4.69, 9.17) is 4.74 Å². The summed E-state index contributed by atoms with van der Waals surface area (Å²) in [6, 6.07) is 1.23. The summed E-state index contributed by atoms with van der Waals surface area (Å²) in [6.07, 6.45) is 2.48. The fourth-order valence-electron chi connectivity index (χ4n) is 3.02. The van der Waals surface area contributed by atoms with Crippen LogP contribution >= 0.6 is 0 Å². The highest BCUT2D eigenvalue weighted by Crippen LogP contribution is 2.31. The summed E-state index contributed by atoms with van der Waals surface area (Å²) in [4.78, 5) is 2.63. The number of nitrogens with zero attached hydrogens (tertiary/aromatic N) is 1. The molecule has 0 saturated carbocycles. The Kier molecular flexibility index (Phi) is 3.88. The molecule has 0 aromatic rings. The molecule has 2 aliphatic rings. The maximum Gasteiger partial charge on any atom is 0.0637 e. The van der Waals surface area contributed by atoms with E-state index in [1.807, 2.05) is 0 Å². The predicted molar refractivity (Wildman–Crippen MR) is 66.7 cm³/mol. The minimum atomic E-state index is 0.494. The highest BCUT2D eigenvalue weighted by Gasteiger charge is 2.37. The first-order valence-corrected chi connectivity index (χ1v) is 6.67. The largest absolute Gasteiger partial charge is 0.380 e. The van der Waals surface area contributed by atoms with Crippen LogP contribution in [0.1, 0.15) is 33.6 Å². The average molecular weight is 226 g/mol. The number of ether oxygens (including phenoxy) is 1. The van der Waals surface area contributed by atoms with Crippen LogP contribution in [0.5, 0.6) is 0 Å². The Balaban J connectivity index is 1.95. The molecule has 0 radical (unpaired) electrons. The molecule has 2 fully saturated rings. The van der Waals surface area contributed by atoms with E-state index in [0.29, 0.717) is 17.5 Å². The van der Waals surface area contributed by atoms with E-state index in [1.54, 1.807) is 0 Å². The van der Waals surface area contributed by atoms with Gasteiger partial charge in [0.25, 0.3) is 0 Å². The molecule has 2 unspecified atom stereocenters. The van der Waals surface area contributed by atoms with Crippen molar-refractivity contribution in [2.75, 3.05) is 32.8 Å². The van der Waals surface area contributed by atoms with Gasteiger partial charge in [-0.1, -0.05) is 20.8 Å². The summed E-state index contributed by atoms with van der Waals surface area (Å²) >= 11 is 0. The van der Waals surface area contributed by atoms with Gasteiger partial charge in [0.1, 0.15) is 0 Å². The van der Waals surface area contributed by atoms with Gasteiger partial charge in [-0.3, -0.25) is 4.90 Å². The number of rotatable bonds is 3. The lowest BCUT2D eigenvalue weighted by molar-refractivity contribution is 0.00270. The van der Waals surface area contributed by atoms with Gasteiger partial charge in [0.15, 0.2) is 0 Å². The molecule has 3 nitrogen and oxygen atoms in total. The van der Waals surface area contributed by atoms with Crippen LogP contribution in [0.25, 0.3) is 0 Å². The number of hydrogen-bond acceptors (Lipinski definition) is 3. The van der Waals surface area contributed by atoms with Crippen molar-refractivity contribution >= 4 is 0 Å². The zero-order chi connectivity index (χ0) is 11.6. The third kappa shape index (κ3) is 2.76. The van der Waals surface area contributed by atoms with Crippen LogP contribution in [0.4, 0.5) is 0 Å². The van der Waals surface area contributed by atoms with Gasteiger partial charge < -0.3 is 10.1 Å². The van der Waals surface area contributed by atoms with Gasteiger partial charge in [-0.2, -0.15) is 0 Å². The van der Waals surface area contributed by atoms with Crippen molar-refractivity contribution in [2.24, 2.45) is 5.41 Å². The van der Waals surface area contributed by atoms with Crippen LogP contribution in [0.3, 0.4) is 0 Å². The van der Waals surface area contributed by atoms with Crippen LogP contribution in [-0.2, 0) is 4.74 Å². The lowest BCUT2D eigenvalue weighted by Crippen LogP contribution is -2.54. The molecule has 0 aliphatic carbocycles. The van der Waals surface area contributed by atoms with Gasteiger partial charge in [-0.05, 0) is 31.3 Å². The van der Waals surface area contributed by atoms with Crippen molar-refractivity contribution in [1.82, 2.24) is 10.2 Å². The summed E-state index contributed by atoms with van der Waals surface area (Å²) in [6.45, 7) is 12.3. The molecule has 16 heavy (non-hydrogen) atoms. The lowest BCUT2D eigenvalue weighted by Gasteiger charge is -2.38. The number of likely N-dealkylation sites (tertiary alicyclic amines) is 1. The lowest BCUT2D eigenvalue weighted by atomic mass is 9.93. The van der Waals surface area contributed by atoms with Crippen LogP contribution in [0.2, 0.25) is 0 Å². The SMILES string of the molecule is CCNC1CCOCC1N1CCC(C)(C)C1. The van der Waals surface area contributed by atoms with E-state index in [2.05, 4.69) is 31.0 Å². The number of hydrogen-bond donors (Lipinski definition) is 1. The predicted octanol–water partition coefficient (Wildman–Crippen LogP) is 1.49. The Morgan fingerprint density at radius 1 is 1.44 bits per heavy atom.